The molecule has 1 saturated heterocycles. The SMILES string of the molecule is CC(C)COc1cc([C@@H](C)CS(=O)(=O)CC/C=C/CC2CC(=O)NC2=O)ccc1F. The average Bonchev–Trinajstić information content (AvgIpc) is 2.97. The van der Waals surface area contributed by atoms with Gasteiger partial charge in [0.2, 0.25) is 11.8 Å². The Morgan fingerprint density at radius 3 is 2.60 bits per heavy atom. The maximum Gasteiger partial charge on any atom is 0.230 e. The van der Waals surface area contributed by atoms with E-state index < -0.39 is 15.7 Å². The molecule has 0 spiro atoms. The third-order valence-electron chi connectivity index (χ3n) is 4.85. The lowest BCUT2D eigenvalue weighted by atomic mass is 10.0. The fourth-order valence-corrected chi connectivity index (χ4v) is 4.79. The van der Waals surface area contributed by atoms with Crippen LogP contribution in [0.1, 0.15) is 51.5 Å². The number of carbonyl (C=O) groups is 2. The molecule has 2 rings (SSSR count). The summed E-state index contributed by atoms with van der Waals surface area (Å²) in [6, 6.07) is 4.47. The number of rotatable bonds is 11. The van der Waals surface area contributed by atoms with Crippen LogP contribution in [0.25, 0.3) is 0 Å². The number of carbonyl (C=O) groups excluding carboxylic acids is 2. The predicted octanol–water partition coefficient (Wildman–Crippen LogP) is 3.38. The highest BCUT2D eigenvalue weighted by Gasteiger charge is 2.29. The van der Waals surface area contributed by atoms with Crippen LogP contribution in [0, 0.1) is 17.7 Å². The molecule has 1 aliphatic rings. The van der Waals surface area contributed by atoms with Crippen LogP contribution in [0.2, 0.25) is 0 Å². The summed E-state index contributed by atoms with van der Waals surface area (Å²) >= 11 is 0. The highest BCUT2D eigenvalue weighted by Crippen LogP contribution is 2.26. The normalized spacial score (nSPS) is 18.2. The minimum atomic E-state index is -3.32. The molecule has 8 heteroatoms. The number of benzene rings is 1. The van der Waals surface area contributed by atoms with Gasteiger partial charge in [-0.3, -0.25) is 14.9 Å². The molecule has 0 radical (unpaired) electrons. The molecule has 0 aromatic heterocycles. The summed E-state index contributed by atoms with van der Waals surface area (Å²) in [4.78, 5) is 22.6. The smallest absolute Gasteiger partial charge is 0.230 e. The van der Waals surface area contributed by atoms with Crippen molar-refractivity contribution < 1.29 is 27.1 Å². The van der Waals surface area contributed by atoms with Crippen LogP contribution >= 0.6 is 0 Å². The standard InChI is InChI=1S/C22H30FNO5S/c1-15(2)13-29-20-11-17(8-9-19(20)23)16(3)14-30(27,28)10-6-4-5-7-18-12-21(25)24-22(18)26/h4-5,8-9,11,15-16,18H,6-7,10,12-14H2,1-3H3,(H,24,25,26)/b5-4+/t16-,18?/m0/s1. The van der Waals surface area contributed by atoms with Gasteiger partial charge in [-0.25, -0.2) is 12.8 Å². The first kappa shape index (κ1) is 24.1. The van der Waals surface area contributed by atoms with E-state index in [4.69, 9.17) is 4.74 Å². The Morgan fingerprint density at radius 1 is 1.23 bits per heavy atom. The number of amides is 2. The quantitative estimate of drug-likeness (QED) is 0.422. The molecule has 1 N–H and O–H groups in total. The first-order chi connectivity index (χ1) is 14.1. The molecular weight excluding hydrogens is 409 g/mol. The van der Waals surface area contributed by atoms with Gasteiger partial charge in [0, 0.05) is 6.42 Å². The fourth-order valence-electron chi connectivity index (χ4n) is 3.18. The molecular formula is C22H30FNO5S. The summed E-state index contributed by atoms with van der Waals surface area (Å²) in [6.07, 6.45) is 4.42. The Labute approximate surface area is 177 Å². The number of ether oxygens (including phenoxy) is 1. The van der Waals surface area contributed by atoms with E-state index in [0.717, 1.165) is 0 Å². The molecule has 1 heterocycles. The van der Waals surface area contributed by atoms with E-state index in [1.807, 2.05) is 13.8 Å². The van der Waals surface area contributed by atoms with E-state index in [1.54, 1.807) is 31.2 Å². The van der Waals surface area contributed by atoms with E-state index in [-0.39, 0.29) is 53.2 Å². The molecule has 0 aliphatic carbocycles. The van der Waals surface area contributed by atoms with Gasteiger partial charge in [-0.05, 0) is 42.4 Å². The summed E-state index contributed by atoms with van der Waals surface area (Å²) in [6.45, 7) is 6.11. The molecule has 0 bridgehead atoms. The Morgan fingerprint density at radius 2 is 1.97 bits per heavy atom. The van der Waals surface area contributed by atoms with E-state index in [9.17, 15) is 22.4 Å². The molecule has 166 valence electrons. The van der Waals surface area contributed by atoms with Crippen LogP contribution in [0.4, 0.5) is 4.39 Å². The summed E-state index contributed by atoms with van der Waals surface area (Å²) in [5, 5.41) is 2.25. The highest BCUT2D eigenvalue weighted by atomic mass is 32.2. The molecule has 1 fully saturated rings. The minimum Gasteiger partial charge on any atom is -0.490 e. The Hall–Kier alpha value is -2.22. The van der Waals surface area contributed by atoms with E-state index in [1.165, 1.54) is 6.07 Å². The Kier molecular flexibility index (Phi) is 8.58. The number of hydrogen-bond donors (Lipinski definition) is 1. The van der Waals surface area contributed by atoms with Gasteiger partial charge in [0.05, 0.1) is 24.0 Å². The van der Waals surface area contributed by atoms with E-state index >= 15 is 0 Å². The van der Waals surface area contributed by atoms with Crippen LogP contribution < -0.4 is 10.1 Å². The van der Waals surface area contributed by atoms with Gasteiger partial charge in [-0.15, -0.1) is 0 Å². The molecule has 2 amide bonds. The van der Waals surface area contributed by atoms with Crippen LogP contribution in [-0.4, -0.2) is 38.3 Å². The monoisotopic (exact) mass is 439 g/mol. The van der Waals surface area contributed by atoms with Gasteiger partial charge in [0.1, 0.15) is 0 Å². The maximum absolute atomic E-state index is 13.9. The van der Waals surface area contributed by atoms with E-state index in [0.29, 0.717) is 25.0 Å². The van der Waals surface area contributed by atoms with Crippen LogP contribution in [0.3, 0.4) is 0 Å². The van der Waals surface area contributed by atoms with Gasteiger partial charge in [0.25, 0.3) is 0 Å². The van der Waals surface area contributed by atoms with Crippen molar-refractivity contribution in [2.24, 2.45) is 11.8 Å². The first-order valence-corrected chi connectivity index (χ1v) is 12.0. The fraction of sp³-hybridized carbons (Fsp3) is 0.545. The van der Waals surface area contributed by atoms with E-state index in [2.05, 4.69) is 5.32 Å². The lowest BCUT2D eigenvalue weighted by molar-refractivity contribution is -0.125. The second-order valence-electron chi connectivity index (χ2n) is 8.22. The molecule has 0 saturated carbocycles. The lowest BCUT2D eigenvalue weighted by Gasteiger charge is -2.15. The van der Waals surface area contributed by atoms with Gasteiger partial charge >= 0.3 is 0 Å². The average molecular weight is 440 g/mol. The third-order valence-corrected chi connectivity index (χ3v) is 6.71. The molecule has 1 aromatic rings. The topological polar surface area (TPSA) is 89.5 Å². The number of hydrogen-bond acceptors (Lipinski definition) is 5. The van der Waals surface area contributed by atoms with Crippen molar-refractivity contribution in [2.45, 2.75) is 46.0 Å². The molecule has 2 atom stereocenters. The zero-order valence-electron chi connectivity index (χ0n) is 17.7. The van der Waals surface area contributed by atoms with Gasteiger partial charge in [-0.2, -0.15) is 0 Å². The first-order valence-electron chi connectivity index (χ1n) is 10.2. The van der Waals surface area contributed by atoms with Crippen molar-refractivity contribution in [2.75, 3.05) is 18.1 Å². The molecule has 1 aliphatic heterocycles. The summed E-state index contributed by atoms with van der Waals surface area (Å²) < 4.78 is 44.3. The van der Waals surface area contributed by atoms with Gasteiger partial charge < -0.3 is 4.74 Å². The highest BCUT2D eigenvalue weighted by molar-refractivity contribution is 7.91. The Balaban J connectivity index is 1.85. The molecule has 6 nitrogen and oxygen atoms in total. The second-order valence-corrected chi connectivity index (χ2v) is 10.4. The number of allylic oxidation sites excluding steroid dienone is 2. The number of halogens is 1. The van der Waals surface area contributed by atoms with Gasteiger partial charge in [0.15, 0.2) is 21.4 Å². The summed E-state index contributed by atoms with van der Waals surface area (Å²) in [5.41, 5.74) is 0.714. The van der Waals surface area contributed by atoms with Crippen molar-refractivity contribution in [3.05, 3.63) is 41.7 Å². The number of sulfone groups is 1. The van der Waals surface area contributed by atoms with Crippen LogP contribution in [0.15, 0.2) is 30.4 Å². The van der Waals surface area contributed by atoms with Crippen molar-refractivity contribution in [3.63, 3.8) is 0 Å². The zero-order chi connectivity index (χ0) is 22.3. The third kappa shape index (κ3) is 7.55. The summed E-state index contributed by atoms with van der Waals surface area (Å²) in [7, 11) is -3.32. The van der Waals surface area contributed by atoms with Crippen molar-refractivity contribution in [3.8, 4) is 5.75 Å². The number of imide groups is 1. The summed E-state index contributed by atoms with van der Waals surface area (Å²) in [5.74, 6) is -1.33. The van der Waals surface area contributed by atoms with Crippen LogP contribution in [0.5, 0.6) is 5.75 Å². The molecule has 1 aromatic carbocycles. The zero-order valence-corrected chi connectivity index (χ0v) is 18.5. The maximum atomic E-state index is 13.9. The Bertz CT molecular complexity index is 895. The van der Waals surface area contributed by atoms with Crippen molar-refractivity contribution >= 4 is 21.7 Å². The lowest BCUT2D eigenvalue weighted by Crippen LogP contribution is -2.21. The largest absolute Gasteiger partial charge is 0.490 e. The predicted molar refractivity (Wildman–Crippen MR) is 113 cm³/mol. The van der Waals surface area contributed by atoms with Gasteiger partial charge in [-0.1, -0.05) is 39.0 Å². The molecule has 1 unspecified atom stereocenters. The van der Waals surface area contributed by atoms with Crippen molar-refractivity contribution in [1.29, 1.82) is 0 Å². The minimum absolute atomic E-state index is 0.0124. The molecule has 30 heavy (non-hydrogen) atoms. The van der Waals surface area contributed by atoms with Crippen LogP contribution in [-0.2, 0) is 19.4 Å². The number of nitrogens with one attached hydrogen (secondary N) is 1. The van der Waals surface area contributed by atoms with Crippen molar-refractivity contribution in [1.82, 2.24) is 5.32 Å². The second kappa shape index (κ2) is 10.7.